The zero-order valence-corrected chi connectivity index (χ0v) is 18.3. The SMILES string of the molecule is C=C(C)C(C)C(CCC)/C(C)=C/CC.C=CCCC.CC.CC. The monoisotopic (exact) mass is 324 g/mol. The summed E-state index contributed by atoms with van der Waals surface area (Å²) in [6.07, 6.45) is 10.4. The van der Waals surface area contributed by atoms with Gasteiger partial charge in [0.1, 0.15) is 0 Å². The number of rotatable bonds is 8. The number of hydrogen-bond donors (Lipinski definition) is 0. The Balaban J connectivity index is -0.000000167. The molecule has 0 radical (unpaired) electrons. The van der Waals surface area contributed by atoms with Crippen molar-refractivity contribution in [2.75, 3.05) is 0 Å². The fraction of sp³-hybridized carbons (Fsp3) is 0.739. The Kier molecular flexibility index (Phi) is 34.2. The Hall–Kier alpha value is -0.780. The first-order chi connectivity index (χ1) is 11.0. The molecule has 0 amide bonds. The third-order valence-corrected chi connectivity index (χ3v) is 3.58. The van der Waals surface area contributed by atoms with Crippen molar-refractivity contribution in [3.8, 4) is 0 Å². The second-order valence-electron chi connectivity index (χ2n) is 5.46. The van der Waals surface area contributed by atoms with Crippen LogP contribution in [0.4, 0.5) is 0 Å². The summed E-state index contributed by atoms with van der Waals surface area (Å²) >= 11 is 0. The van der Waals surface area contributed by atoms with Gasteiger partial charge in [0.2, 0.25) is 0 Å². The van der Waals surface area contributed by atoms with Crippen molar-refractivity contribution in [3.05, 3.63) is 36.5 Å². The lowest BCUT2D eigenvalue weighted by molar-refractivity contribution is 0.429. The van der Waals surface area contributed by atoms with Crippen molar-refractivity contribution < 1.29 is 0 Å². The standard InChI is InChI=1S/C14H26.C5H10.2C2H6/c1-7-9-12(5)14(10-8-2)13(6)11(3)4;1-3-5-4-2;2*1-2/h9,13-14H,3,7-8,10H2,1-2,4-6H3;3H,1,4-5H2,2H3;2*1-2H3/b12-9+;;;. The van der Waals surface area contributed by atoms with Crippen LogP contribution in [-0.2, 0) is 0 Å². The molecule has 0 aromatic heterocycles. The zero-order valence-electron chi connectivity index (χ0n) is 18.3. The van der Waals surface area contributed by atoms with E-state index in [1.807, 2.05) is 33.8 Å². The van der Waals surface area contributed by atoms with E-state index < -0.39 is 0 Å². The van der Waals surface area contributed by atoms with Gasteiger partial charge >= 0.3 is 0 Å². The van der Waals surface area contributed by atoms with E-state index in [1.54, 1.807) is 5.57 Å². The highest BCUT2D eigenvalue weighted by Crippen LogP contribution is 2.29. The summed E-state index contributed by atoms with van der Waals surface area (Å²) in [7, 11) is 0. The Morgan fingerprint density at radius 3 is 1.65 bits per heavy atom. The molecule has 0 aliphatic rings. The van der Waals surface area contributed by atoms with Crippen LogP contribution in [-0.4, -0.2) is 0 Å². The van der Waals surface area contributed by atoms with Gasteiger partial charge in [-0.25, -0.2) is 0 Å². The van der Waals surface area contributed by atoms with Crippen LogP contribution in [0.2, 0.25) is 0 Å². The molecule has 0 saturated carbocycles. The predicted octanol–water partition coefficient (Wildman–Crippen LogP) is 9.00. The van der Waals surface area contributed by atoms with Crippen LogP contribution in [0.15, 0.2) is 36.5 Å². The fourth-order valence-corrected chi connectivity index (χ4v) is 2.20. The summed E-state index contributed by atoms with van der Waals surface area (Å²) in [6.45, 7) is 28.9. The number of unbranched alkanes of at least 4 members (excludes halogenated alkanes) is 1. The van der Waals surface area contributed by atoms with Gasteiger partial charge in [-0.05, 0) is 44.9 Å². The molecule has 0 fully saturated rings. The molecule has 140 valence electrons. The maximum atomic E-state index is 4.07. The lowest BCUT2D eigenvalue weighted by Crippen LogP contribution is -2.13. The van der Waals surface area contributed by atoms with Gasteiger partial charge in [0.25, 0.3) is 0 Å². The normalized spacial score (nSPS) is 12.2. The highest BCUT2D eigenvalue weighted by Gasteiger charge is 2.18. The molecule has 0 saturated heterocycles. The molecule has 0 N–H and O–H groups in total. The van der Waals surface area contributed by atoms with Crippen LogP contribution < -0.4 is 0 Å². The van der Waals surface area contributed by atoms with Gasteiger partial charge in [-0.1, -0.05) is 98.1 Å². The molecule has 0 aromatic carbocycles. The van der Waals surface area contributed by atoms with Crippen LogP contribution in [0.5, 0.6) is 0 Å². The minimum absolute atomic E-state index is 0.623. The summed E-state index contributed by atoms with van der Waals surface area (Å²) in [4.78, 5) is 0. The summed E-state index contributed by atoms with van der Waals surface area (Å²) < 4.78 is 0. The summed E-state index contributed by atoms with van der Waals surface area (Å²) in [5.41, 5.74) is 2.86. The highest BCUT2D eigenvalue weighted by atomic mass is 14.2. The maximum absolute atomic E-state index is 4.07. The highest BCUT2D eigenvalue weighted by molar-refractivity contribution is 5.10. The van der Waals surface area contributed by atoms with E-state index in [9.17, 15) is 0 Å². The van der Waals surface area contributed by atoms with Crippen LogP contribution in [0.1, 0.15) is 101 Å². The third-order valence-electron chi connectivity index (χ3n) is 3.58. The molecule has 0 nitrogen and oxygen atoms in total. The smallest absolute Gasteiger partial charge is 0.0143 e. The van der Waals surface area contributed by atoms with Crippen LogP contribution in [0, 0.1) is 11.8 Å². The summed E-state index contributed by atoms with van der Waals surface area (Å²) in [6, 6.07) is 0. The van der Waals surface area contributed by atoms with Gasteiger partial charge in [0.15, 0.2) is 0 Å². The van der Waals surface area contributed by atoms with E-state index in [1.165, 1.54) is 24.8 Å². The molecular formula is C23H48. The Labute approximate surface area is 150 Å². The maximum Gasteiger partial charge on any atom is -0.0143 e. The number of allylic oxidation sites excluding steroid dienone is 4. The molecule has 0 heterocycles. The average Bonchev–Trinajstić information content (AvgIpc) is 2.57. The minimum Gasteiger partial charge on any atom is -0.103 e. The Bertz CT molecular complexity index is 257. The molecule has 0 bridgehead atoms. The second kappa shape index (κ2) is 26.1. The third kappa shape index (κ3) is 21.2. The lowest BCUT2D eigenvalue weighted by atomic mass is 9.80. The van der Waals surface area contributed by atoms with E-state index in [-0.39, 0.29) is 0 Å². The second-order valence-corrected chi connectivity index (χ2v) is 5.46. The first-order valence-corrected chi connectivity index (χ1v) is 9.88. The topological polar surface area (TPSA) is 0 Å². The Morgan fingerprint density at radius 2 is 1.43 bits per heavy atom. The largest absolute Gasteiger partial charge is 0.103 e. The first kappa shape index (κ1) is 30.1. The van der Waals surface area contributed by atoms with Gasteiger partial charge in [0.05, 0.1) is 0 Å². The van der Waals surface area contributed by atoms with E-state index >= 15 is 0 Å². The molecular weight excluding hydrogens is 276 g/mol. The van der Waals surface area contributed by atoms with Crippen molar-refractivity contribution in [3.63, 3.8) is 0 Å². The van der Waals surface area contributed by atoms with Crippen LogP contribution in [0.3, 0.4) is 0 Å². The summed E-state index contributed by atoms with van der Waals surface area (Å²) in [5, 5.41) is 0. The molecule has 2 unspecified atom stereocenters. The van der Waals surface area contributed by atoms with E-state index in [0.717, 1.165) is 12.8 Å². The van der Waals surface area contributed by atoms with Crippen molar-refractivity contribution in [2.24, 2.45) is 11.8 Å². The zero-order chi connectivity index (χ0) is 19.3. The van der Waals surface area contributed by atoms with E-state index in [0.29, 0.717) is 11.8 Å². The molecule has 0 aromatic rings. The molecule has 0 heteroatoms. The van der Waals surface area contributed by atoms with Gasteiger partial charge in [0, 0.05) is 0 Å². The molecule has 0 aliphatic heterocycles. The van der Waals surface area contributed by atoms with E-state index in [4.69, 9.17) is 0 Å². The Morgan fingerprint density at radius 1 is 0.957 bits per heavy atom. The van der Waals surface area contributed by atoms with Gasteiger partial charge in [-0.2, -0.15) is 0 Å². The quantitative estimate of drug-likeness (QED) is 0.391. The van der Waals surface area contributed by atoms with Crippen molar-refractivity contribution in [1.29, 1.82) is 0 Å². The van der Waals surface area contributed by atoms with Crippen molar-refractivity contribution >= 4 is 0 Å². The van der Waals surface area contributed by atoms with Crippen LogP contribution in [0.25, 0.3) is 0 Å². The molecule has 0 spiro atoms. The van der Waals surface area contributed by atoms with Crippen LogP contribution >= 0.6 is 0 Å². The molecule has 23 heavy (non-hydrogen) atoms. The minimum atomic E-state index is 0.623. The number of hydrogen-bond acceptors (Lipinski definition) is 0. The van der Waals surface area contributed by atoms with Gasteiger partial charge in [-0.15, -0.1) is 6.58 Å². The predicted molar refractivity (Wildman–Crippen MR) is 114 cm³/mol. The van der Waals surface area contributed by atoms with Gasteiger partial charge < -0.3 is 0 Å². The van der Waals surface area contributed by atoms with Crippen molar-refractivity contribution in [1.82, 2.24) is 0 Å². The molecule has 0 aliphatic carbocycles. The average molecular weight is 325 g/mol. The lowest BCUT2D eigenvalue weighted by Gasteiger charge is -2.25. The first-order valence-electron chi connectivity index (χ1n) is 9.88. The van der Waals surface area contributed by atoms with E-state index in [2.05, 4.69) is 60.8 Å². The summed E-state index contributed by atoms with van der Waals surface area (Å²) in [5.74, 6) is 1.33. The van der Waals surface area contributed by atoms with Crippen molar-refractivity contribution in [2.45, 2.75) is 101 Å². The van der Waals surface area contributed by atoms with Gasteiger partial charge in [-0.3, -0.25) is 0 Å². The molecule has 0 rings (SSSR count). The fourth-order valence-electron chi connectivity index (χ4n) is 2.20. The molecule has 2 atom stereocenters.